The van der Waals surface area contributed by atoms with Crippen LogP contribution < -0.4 is 9.64 Å². The fourth-order valence-corrected chi connectivity index (χ4v) is 4.28. The van der Waals surface area contributed by atoms with E-state index in [1.165, 1.54) is 12.1 Å². The van der Waals surface area contributed by atoms with Crippen LogP contribution in [0.2, 0.25) is 0 Å². The number of aryl methyl sites for hydroxylation is 2. The molecule has 0 aliphatic carbocycles. The van der Waals surface area contributed by atoms with E-state index in [2.05, 4.69) is 9.88 Å². The molecule has 1 amide bonds. The average Bonchev–Trinajstić information content (AvgIpc) is 2.85. The van der Waals surface area contributed by atoms with Crippen LogP contribution in [-0.2, 0) is 12.6 Å². The molecule has 0 unspecified atom stereocenters. The smallest absolute Gasteiger partial charge is 0.416 e. The van der Waals surface area contributed by atoms with Crippen molar-refractivity contribution in [2.45, 2.75) is 26.4 Å². The van der Waals surface area contributed by atoms with Crippen LogP contribution in [0.3, 0.4) is 0 Å². The molecule has 0 atom stereocenters. The molecule has 1 fully saturated rings. The van der Waals surface area contributed by atoms with Gasteiger partial charge in [-0.25, -0.2) is 9.97 Å². The number of hydrogen-bond donors (Lipinski definition) is 0. The molecular formula is C26H27F3N4O2. The van der Waals surface area contributed by atoms with E-state index in [9.17, 15) is 18.0 Å². The van der Waals surface area contributed by atoms with Crippen LogP contribution in [0, 0.1) is 13.8 Å². The highest BCUT2D eigenvalue weighted by molar-refractivity contribution is 5.94. The van der Waals surface area contributed by atoms with Gasteiger partial charge in [0.15, 0.2) is 0 Å². The van der Waals surface area contributed by atoms with Gasteiger partial charge in [-0.3, -0.25) is 4.79 Å². The highest BCUT2D eigenvalue weighted by atomic mass is 19.4. The van der Waals surface area contributed by atoms with E-state index < -0.39 is 11.7 Å². The lowest BCUT2D eigenvalue weighted by molar-refractivity contribution is -0.137. The Balaban J connectivity index is 1.49. The molecule has 2 aromatic carbocycles. The van der Waals surface area contributed by atoms with Crippen molar-refractivity contribution in [2.24, 2.45) is 0 Å². The molecule has 9 heteroatoms. The number of amides is 1. The number of halogens is 3. The van der Waals surface area contributed by atoms with E-state index >= 15 is 0 Å². The summed E-state index contributed by atoms with van der Waals surface area (Å²) in [6.07, 6.45) is -3.78. The standard InChI is InChI=1S/C26H27F3N4O2/c1-17-23(16-19-5-4-6-22(15-19)35-3)24(31-18(2)30-17)32-11-13-33(14-12-32)25(34)20-7-9-21(10-8-20)26(27,28)29/h4-10,15H,11-14,16H2,1-3H3. The Morgan fingerprint density at radius 1 is 1.00 bits per heavy atom. The van der Waals surface area contributed by atoms with Crippen molar-refractivity contribution in [3.63, 3.8) is 0 Å². The number of carbonyl (C=O) groups is 1. The van der Waals surface area contributed by atoms with Gasteiger partial charge < -0.3 is 14.5 Å². The number of anilines is 1. The molecular weight excluding hydrogens is 457 g/mol. The lowest BCUT2D eigenvalue weighted by Gasteiger charge is -2.36. The first kappa shape index (κ1) is 24.5. The van der Waals surface area contributed by atoms with Crippen LogP contribution in [0.1, 0.15) is 38.6 Å². The molecule has 0 saturated carbocycles. The molecule has 1 aliphatic heterocycles. The molecule has 2 heterocycles. The van der Waals surface area contributed by atoms with E-state index in [4.69, 9.17) is 9.72 Å². The van der Waals surface area contributed by atoms with Gasteiger partial charge >= 0.3 is 6.18 Å². The minimum atomic E-state index is -4.43. The van der Waals surface area contributed by atoms with Crippen LogP contribution in [0.25, 0.3) is 0 Å². The van der Waals surface area contributed by atoms with Crippen molar-refractivity contribution in [3.8, 4) is 5.75 Å². The van der Waals surface area contributed by atoms with E-state index in [1.54, 1.807) is 12.0 Å². The molecule has 6 nitrogen and oxygen atoms in total. The van der Waals surface area contributed by atoms with Gasteiger partial charge in [-0.1, -0.05) is 12.1 Å². The Labute approximate surface area is 202 Å². The van der Waals surface area contributed by atoms with Crippen molar-refractivity contribution >= 4 is 11.7 Å². The summed E-state index contributed by atoms with van der Waals surface area (Å²) >= 11 is 0. The van der Waals surface area contributed by atoms with Gasteiger partial charge in [0.05, 0.1) is 12.7 Å². The van der Waals surface area contributed by atoms with Crippen LogP contribution >= 0.6 is 0 Å². The van der Waals surface area contributed by atoms with Crippen LogP contribution in [0.5, 0.6) is 5.75 Å². The van der Waals surface area contributed by atoms with E-state index in [0.717, 1.165) is 40.5 Å². The number of methoxy groups -OCH3 is 1. The Bertz CT molecular complexity index is 1200. The second-order valence-electron chi connectivity index (χ2n) is 8.54. The summed E-state index contributed by atoms with van der Waals surface area (Å²) in [5.74, 6) is 2.03. The largest absolute Gasteiger partial charge is 0.497 e. The predicted octanol–water partition coefficient (Wildman–Crippen LogP) is 4.67. The third kappa shape index (κ3) is 5.55. The first-order valence-corrected chi connectivity index (χ1v) is 11.3. The SMILES string of the molecule is COc1cccc(Cc2c(C)nc(C)nc2N2CCN(C(=O)c3ccc(C(F)(F)F)cc3)CC2)c1. The number of ether oxygens (including phenoxy) is 1. The number of benzene rings is 2. The maximum absolute atomic E-state index is 12.9. The van der Waals surface area contributed by atoms with Gasteiger partial charge in [0, 0.05) is 49.4 Å². The maximum Gasteiger partial charge on any atom is 0.416 e. The molecule has 0 N–H and O–H groups in total. The Hall–Kier alpha value is -3.62. The van der Waals surface area contributed by atoms with E-state index in [1.807, 2.05) is 38.1 Å². The second kappa shape index (κ2) is 9.93. The molecule has 184 valence electrons. The van der Waals surface area contributed by atoms with Crippen molar-refractivity contribution < 1.29 is 22.7 Å². The van der Waals surface area contributed by atoms with Crippen LogP contribution in [-0.4, -0.2) is 54.1 Å². The van der Waals surface area contributed by atoms with Gasteiger partial charge in [-0.05, 0) is 55.8 Å². The number of nitrogens with zero attached hydrogens (tertiary/aromatic N) is 4. The Kier molecular flexibility index (Phi) is 6.95. The summed E-state index contributed by atoms with van der Waals surface area (Å²) < 4.78 is 43.8. The van der Waals surface area contributed by atoms with Crippen LogP contribution in [0.15, 0.2) is 48.5 Å². The molecule has 1 saturated heterocycles. The van der Waals surface area contributed by atoms with E-state index in [-0.39, 0.29) is 11.5 Å². The van der Waals surface area contributed by atoms with Gasteiger partial charge in [0.25, 0.3) is 5.91 Å². The van der Waals surface area contributed by atoms with Crippen molar-refractivity contribution in [2.75, 3.05) is 38.2 Å². The minimum Gasteiger partial charge on any atom is -0.497 e. The number of alkyl halides is 3. The number of piperazine rings is 1. The van der Waals surface area contributed by atoms with E-state index in [0.29, 0.717) is 38.4 Å². The van der Waals surface area contributed by atoms with Crippen molar-refractivity contribution in [1.82, 2.24) is 14.9 Å². The molecule has 1 aliphatic rings. The van der Waals surface area contributed by atoms with Crippen molar-refractivity contribution in [3.05, 3.63) is 82.3 Å². The van der Waals surface area contributed by atoms with Gasteiger partial charge in [0.2, 0.25) is 0 Å². The summed E-state index contributed by atoms with van der Waals surface area (Å²) in [6.45, 7) is 5.84. The molecule has 3 aromatic rings. The molecule has 0 spiro atoms. The van der Waals surface area contributed by atoms with Crippen molar-refractivity contribution in [1.29, 1.82) is 0 Å². The zero-order valence-electron chi connectivity index (χ0n) is 19.9. The first-order chi connectivity index (χ1) is 16.7. The third-order valence-electron chi connectivity index (χ3n) is 6.14. The fraction of sp³-hybridized carbons (Fsp3) is 0.346. The number of hydrogen-bond acceptors (Lipinski definition) is 5. The minimum absolute atomic E-state index is 0.249. The Morgan fingerprint density at radius 3 is 2.31 bits per heavy atom. The lowest BCUT2D eigenvalue weighted by atomic mass is 10.0. The van der Waals surface area contributed by atoms with Gasteiger partial charge in [-0.15, -0.1) is 0 Å². The summed E-state index contributed by atoms with van der Waals surface area (Å²) in [5, 5.41) is 0. The summed E-state index contributed by atoms with van der Waals surface area (Å²) in [4.78, 5) is 26.0. The summed E-state index contributed by atoms with van der Waals surface area (Å²) in [7, 11) is 1.64. The normalized spacial score (nSPS) is 14.2. The highest BCUT2D eigenvalue weighted by Gasteiger charge is 2.31. The topological polar surface area (TPSA) is 58.6 Å². The molecule has 1 aromatic heterocycles. The average molecular weight is 485 g/mol. The quantitative estimate of drug-likeness (QED) is 0.527. The number of carbonyl (C=O) groups excluding carboxylic acids is 1. The number of aromatic nitrogens is 2. The summed E-state index contributed by atoms with van der Waals surface area (Å²) in [5.41, 5.74) is 2.48. The monoisotopic (exact) mass is 484 g/mol. The predicted molar refractivity (Wildman–Crippen MR) is 127 cm³/mol. The lowest BCUT2D eigenvalue weighted by Crippen LogP contribution is -2.49. The van der Waals surface area contributed by atoms with Gasteiger partial charge in [-0.2, -0.15) is 13.2 Å². The second-order valence-corrected chi connectivity index (χ2v) is 8.54. The molecule has 4 rings (SSSR count). The Morgan fingerprint density at radius 2 is 1.69 bits per heavy atom. The third-order valence-corrected chi connectivity index (χ3v) is 6.14. The number of rotatable bonds is 5. The van der Waals surface area contributed by atoms with Crippen LogP contribution in [0.4, 0.5) is 19.0 Å². The maximum atomic E-state index is 12.9. The molecule has 0 radical (unpaired) electrons. The molecule has 35 heavy (non-hydrogen) atoms. The van der Waals surface area contributed by atoms with Gasteiger partial charge in [0.1, 0.15) is 17.4 Å². The summed E-state index contributed by atoms with van der Waals surface area (Å²) in [6, 6.07) is 12.2. The first-order valence-electron chi connectivity index (χ1n) is 11.3. The highest BCUT2D eigenvalue weighted by Crippen LogP contribution is 2.30. The zero-order chi connectivity index (χ0) is 25.2. The fourth-order valence-electron chi connectivity index (χ4n) is 4.28. The zero-order valence-corrected chi connectivity index (χ0v) is 19.9. The molecule has 0 bridgehead atoms.